The molecule has 0 radical (unpaired) electrons. The van der Waals surface area contributed by atoms with E-state index in [2.05, 4.69) is 6.92 Å². The summed E-state index contributed by atoms with van der Waals surface area (Å²) in [5.41, 5.74) is 0.167. The Bertz CT molecular complexity index is 185. The zero-order valence-corrected chi connectivity index (χ0v) is 8.25. The zero-order valence-electron chi connectivity index (χ0n) is 8.25. The molecule has 13 heavy (non-hydrogen) atoms. The number of piperidine rings is 1. The van der Waals surface area contributed by atoms with Crippen molar-refractivity contribution in [2.24, 2.45) is 5.41 Å². The van der Waals surface area contributed by atoms with Gasteiger partial charge in [-0.1, -0.05) is 6.92 Å². The van der Waals surface area contributed by atoms with Gasteiger partial charge in [0.25, 0.3) is 0 Å². The Morgan fingerprint density at radius 2 is 2.08 bits per heavy atom. The number of amides is 1. The second-order valence-corrected chi connectivity index (χ2v) is 4.01. The summed E-state index contributed by atoms with van der Waals surface area (Å²) in [6.07, 6.45) is 0.986. The lowest BCUT2D eigenvalue weighted by molar-refractivity contribution is 0.0358. The Morgan fingerprint density at radius 1 is 1.54 bits per heavy atom. The van der Waals surface area contributed by atoms with Crippen LogP contribution in [0.2, 0.25) is 0 Å². The standard InChI is InChI=1S/C9H17NO3/c1-9(7-13-2)3-5-10(6-4-9)8(11)12/h3-7H2,1-2H3,(H,11,12). The van der Waals surface area contributed by atoms with Crippen LogP contribution in [0.15, 0.2) is 0 Å². The molecule has 0 unspecified atom stereocenters. The van der Waals surface area contributed by atoms with Gasteiger partial charge in [-0.15, -0.1) is 0 Å². The molecule has 1 heterocycles. The number of carbonyl (C=O) groups is 1. The molecule has 1 rings (SSSR count). The van der Waals surface area contributed by atoms with E-state index in [4.69, 9.17) is 9.84 Å². The monoisotopic (exact) mass is 187 g/mol. The summed E-state index contributed by atoms with van der Waals surface area (Å²) in [5, 5.41) is 8.73. The summed E-state index contributed by atoms with van der Waals surface area (Å²) in [5.74, 6) is 0. The van der Waals surface area contributed by atoms with Gasteiger partial charge < -0.3 is 14.7 Å². The summed E-state index contributed by atoms with van der Waals surface area (Å²) in [6, 6.07) is 0. The molecule has 0 aromatic heterocycles. The molecule has 1 aliphatic rings. The van der Waals surface area contributed by atoms with Gasteiger partial charge in [0, 0.05) is 20.2 Å². The quantitative estimate of drug-likeness (QED) is 0.711. The summed E-state index contributed by atoms with van der Waals surface area (Å²) in [4.78, 5) is 12.1. The van der Waals surface area contributed by atoms with E-state index in [-0.39, 0.29) is 5.41 Å². The predicted octanol–water partition coefficient (Wildman–Crippen LogP) is 1.41. The van der Waals surface area contributed by atoms with Crippen LogP contribution in [0.1, 0.15) is 19.8 Å². The molecule has 0 saturated carbocycles. The van der Waals surface area contributed by atoms with Gasteiger partial charge in [0.1, 0.15) is 0 Å². The van der Waals surface area contributed by atoms with E-state index in [1.807, 2.05) is 0 Å². The van der Waals surface area contributed by atoms with Crippen LogP contribution in [0.25, 0.3) is 0 Å². The van der Waals surface area contributed by atoms with Crippen molar-refractivity contribution in [3.63, 3.8) is 0 Å². The number of hydrogen-bond acceptors (Lipinski definition) is 2. The maximum Gasteiger partial charge on any atom is 0.407 e. The lowest BCUT2D eigenvalue weighted by Gasteiger charge is -2.37. The first-order chi connectivity index (χ1) is 6.07. The maximum absolute atomic E-state index is 10.6. The third kappa shape index (κ3) is 2.59. The molecular weight excluding hydrogens is 170 g/mol. The Labute approximate surface area is 78.5 Å². The first-order valence-corrected chi connectivity index (χ1v) is 4.54. The highest BCUT2D eigenvalue weighted by Gasteiger charge is 2.31. The minimum Gasteiger partial charge on any atom is -0.465 e. The molecule has 0 aromatic carbocycles. The number of likely N-dealkylation sites (tertiary alicyclic amines) is 1. The van der Waals surface area contributed by atoms with Gasteiger partial charge in [-0.2, -0.15) is 0 Å². The molecule has 1 aliphatic heterocycles. The topological polar surface area (TPSA) is 49.8 Å². The highest BCUT2D eigenvalue weighted by atomic mass is 16.5. The molecule has 0 atom stereocenters. The highest BCUT2D eigenvalue weighted by Crippen LogP contribution is 2.30. The molecule has 0 bridgehead atoms. The molecule has 0 aliphatic carbocycles. The fourth-order valence-corrected chi connectivity index (χ4v) is 1.73. The molecule has 0 aromatic rings. The van der Waals surface area contributed by atoms with E-state index in [0.29, 0.717) is 13.1 Å². The average molecular weight is 187 g/mol. The van der Waals surface area contributed by atoms with Crippen molar-refractivity contribution in [2.75, 3.05) is 26.8 Å². The minimum absolute atomic E-state index is 0.167. The lowest BCUT2D eigenvalue weighted by Crippen LogP contribution is -2.43. The fourth-order valence-electron chi connectivity index (χ4n) is 1.73. The third-order valence-electron chi connectivity index (χ3n) is 2.73. The molecular formula is C9H17NO3. The first kappa shape index (κ1) is 10.3. The van der Waals surface area contributed by atoms with Gasteiger partial charge >= 0.3 is 6.09 Å². The van der Waals surface area contributed by atoms with Crippen LogP contribution < -0.4 is 0 Å². The van der Waals surface area contributed by atoms with Crippen molar-refractivity contribution < 1.29 is 14.6 Å². The van der Waals surface area contributed by atoms with E-state index in [0.717, 1.165) is 19.4 Å². The molecule has 0 spiro atoms. The van der Waals surface area contributed by atoms with Crippen molar-refractivity contribution in [3.8, 4) is 0 Å². The number of rotatable bonds is 2. The van der Waals surface area contributed by atoms with E-state index in [1.54, 1.807) is 7.11 Å². The number of carboxylic acid groups (broad SMARTS) is 1. The van der Waals surface area contributed by atoms with Crippen molar-refractivity contribution in [1.82, 2.24) is 4.90 Å². The van der Waals surface area contributed by atoms with Crippen molar-refractivity contribution in [1.29, 1.82) is 0 Å². The third-order valence-corrected chi connectivity index (χ3v) is 2.73. The maximum atomic E-state index is 10.6. The highest BCUT2D eigenvalue weighted by molar-refractivity contribution is 5.65. The molecule has 1 amide bonds. The van der Waals surface area contributed by atoms with Gasteiger partial charge in [0.05, 0.1) is 6.61 Å². The van der Waals surface area contributed by atoms with Crippen molar-refractivity contribution >= 4 is 6.09 Å². The fraction of sp³-hybridized carbons (Fsp3) is 0.889. The first-order valence-electron chi connectivity index (χ1n) is 4.54. The van der Waals surface area contributed by atoms with Gasteiger partial charge in [0.2, 0.25) is 0 Å². The number of methoxy groups -OCH3 is 1. The zero-order chi connectivity index (χ0) is 9.90. The van der Waals surface area contributed by atoms with Gasteiger partial charge in [-0.3, -0.25) is 0 Å². The Kier molecular flexibility index (Phi) is 3.14. The van der Waals surface area contributed by atoms with Gasteiger partial charge in [-0.05, 0) is 18.3 Å². The van der Waals surface area contributed by atoms with E-state index >= 15 is 0 Å². The van der Waals surface area contributed by atoms with E-state index in [1.165, 1.54) is 4.90 Å². The van der Waals surface area contributed by atoms with Gasteiger partial charge in [-0.25, -0.2) is 4.79 Å². The Balaban J connectivity index is 2.41. The second kappa shape index (κ2) is 3.96. The molecule has 1 fully saturated rings. The average Bonchev–Trinajstić information content (AvgIpc) is 2.05. The molecule has 1 N–H and O–H groups in total. The summed E-state index contributed by atoms with van der Waals surface area (Å²) < 4.78 is 5.11. The second-order valence-electron chi connectivity index (χ2n) is 4.01. The summed E-state index contributed by atoms with van der Waals surface area (Å²) in [7, 11) is 1.69. The normalized spacial score (nSPS) is 21.5. The lowest BCUT2D eigenvalue weighted by atomic mass is 9.81. The number of nitrogens with zero attached hydrogens (tertiary/aromatic N) is 1. The minimum atomic E-state index is -0.806. The smallest absolute Gasteiger partial charge is 0.407 e. The van der Waals surface area contributed by atoms with Crippen molar-refractivity contribution in [3.05, 3.63) is 0 Å². The molecule has 4 nitrogen and oxygen atoms in total. The molecule has 1 saturated heterocycles. The predicted molar refractivity (Wildman–Crippen MR) is 48.8 cm³/mol. The van der Waals surface area contributed by atoms with Crippen molar-refractivity contribution in [2.45, 2.75) is 19.8 Å². The van der Waals surface area contributed by atoms with Crippen LogP contribution in [0, 0.1) is 5.41 Å². The van der Waals surface area contributed by atoms with Crippen LogP contribution in [0.4, 0.5) is 4.79 Å². The number of ether oxygens (including phenoxy) is 1. The van der Waals surface area contributed by atoms with E-state index in [9.17, 15) is 4.79 Å². The summed E-state index contributed by atoms with van der Waals surface area (Å²) >= 11 is 0. The Hall–Kier alpha value is -0.770. The largest absolute Gasteiger partial charge is 0.465 e. The van der Waals surface area contributed by atoms with Crippen LogP contribution >= 0.6 is 0 Å². The Morgan fingerprint density at radius 3 is 2.46 bits per heavy atom. The van der Waals surface area contributed by atoms with Crippen LogP contribution in [-0.2, 0) is 4.74 Å². The summed E-state index contributed by atoms with van der Waals surface area (Å²) in [6.45, 7) is 4.14. The van der Waals surface area contributed by atoms with Crippen LogP contribution in [-0.4, -0.2) is 42.9 Å². The van der Waals surface area contributed by atoms with Crippen LogP contribution in [0.5, 0.6) is 0 Å². The molecule has 4 heteroatoms. The van der Waals surface area contributed by atoms with Gasteiger partial charge in [0.15, 0.2) is 0 Å². The molecule has 76 valence electrons. The van der Waals surface area contributed by atoms with E-state index < -0.39 is 6.09 Å². The number of hydrogen-bond donors (Lipinski definition) is 1. The SMILES string of the molecule is COCC1(C)CCN(C(=O)O)CC1. The van der Waals surface area contributed by atoms with Crippen LogP contribution in [0.3, 0.4) is 0 Å².